The maximum Gasteiger partial charge on any atom is 0.349 e. The first-order valence-corrected chi connectivity index (χ1v) is 5.31. The third-order valence-electron chi connectivity index (χ3n) is 1.84. The van der Waals surface area contributed by atoms with Crippen molar-refractivity contribution in [3.05, 3.63) is 23.3 Å². The number of hydrogen-bond acceptors (Lipinski definition) is 6. The van der Waals surface area contributed by atoms with Gasteiger partial charge in [0.15, 0.2) is 10.9 Å². The molecule has 2 aromatic heterocycles. The lowest BCUT2D eigenvalue weighted by Crippen LogP contribution is -1.96. The van der Waals surface area contributed by atoms with Crippen LogP contribution in [0.4, 0.5) is 10.9 Å². The van der Waals surface area contributed by atoms with Crippen molar-refractivity contribution in [2.24, 2.45) is 7.05 Å². The van der Waals surface area contributed by atoms with Gasteiger partial charge >= 0.3 is 5.97 Å². The van der Waals surface area contributed by atoms with Gasteiger partial charge in [0.05, 0.1) is 13.3 Å². The van der Waals surface area contributed by atoms with Gasteiger partial charge in [0.1, 0.15) is 4.88 Å². The van der Waals surface area contributed by atoms with E-state index >= 15 is 0 Å². The van der Waals surface area contributed by atoms with Gasteiger partial charge in [0.2, 0.25) is 0 Å². The molecule has 7 heteroatoms. The van der Waals surface area contributed by atoms with Crippen LogP contribution in [0.25, 0.3) is 0 Å². The molecular weight excluding hydrogens is 228 g/mol. The highest BCUT2D eigenvalue weighted by atomic mass is 32.1. The first-order valence-electron chi connectivity index (χ1n) is 4.50. The number of aromatic nitrogens is 3. The topological polar surface area (TPSA) is 69.0 Å². The standard InChI is InChI=1S/C9H10N4O2S/c1-13-4-3-7(12-13)11-9-10-5-6(16-9)8(14)15-2/h3-5H,1-2H3,(H,10,11,12). The van der Waals surface area contributed by atoms with Crippen LogP contribution in [0, 0.1) is 0 Å². The molecule has 0 atom stereocenters. The number of carbonyl (C=O) groups excluding carboxylic acids is 1. The van der Waals surface area contributed by atoms with Gasteiger partial charge in [-0.15, -0.1) is 0 Å². The Morgan fingerprint density at radius 1 is 1.62 bits per heavy atom. The predicted octanol–water partition coefficient (Wildman–Crippen LogP) is 1.41. The van der Waals surface area contributed by atoms with Crippen LogP contribution in [-0.2, 0) is 11.8 Å². The third kappa shape index (κ3) is 2.19. The van der Waals surface area contributed by atoms with Crippen LogP contribution in [0.3, 0.4) is 0 Å². The van der Waals surface area contributed by atoms with Crippen LogP contribution in [0.2, 0.25) is 0 Å². The Bertz CT molecular complexity index is 505. The first kappa shape index (κ1) is 10.6. The lowest BCUT2D eigenvalue weighted by Gasteiger charge is -1.95. The fourth-order valence-electron chi connectivity index (χ4n) is 1.12. The van der Waals surface area contributed by atoms with Crippen LogP contribution in [-0.4, -0.2) is 27.8 Å². The van der Waals surface area contributed by atoms with E-state index in [1.54, 1.807) is 4.68 Å². The largest absolute Gasteiger partial charge is 0.465 e. The lowest BCUT2D eigenvalue weighted by atomic mass is 10.6. The summed E-state index contributed by atoms with van der Waals surface area (Å²) in [5.74, 6) is 0.305. The van der Waals surface area contributed by atoms with Gasteiger partial charge in [-0.25, -0.2) is 9.78 Å². The van der Waals surface area contributed by atoms with Crippen LogP contribution < -0.4 is 5.32 Å². The quantitative estimate of drug-likeness (QED) is 0.819. The molecular formula is C9H10N4O2S. The summed E-state index contributed by atoms with van der Waals surface area (Å²) in [6, 6.07) is 1.82. The molecule has 2 aromatic rings. The maximum absolute atomic E-state index is 11.2. The predicted molar refractivity (Wildman–Crippen MR) is 59.9 cm³/mol. The molecule has 0 bridgehead atoms. The third-order valence-corrected chi connectivity index (χ3v) is 2.73. The van der Waals surface area contributed by atoms with Crippen molar-refractivity contribution in [1.29, 1.82) is 0 Å². The fourth-order valence-corrected chi connectivity index (χ4v) is 1.86. The van der Waals surface area contributed by atoms with Gasteiger partial charge in [-0.05, 0) is 0 Å². The van der Waals surface area contributed by atoms with E-state index < -0.39 is 0 Å². The van der Waals surface area contributed by atoms with Crippen molar-refractivity contribution >= 4 is 28.3 Å². The SMILES string of the molecule is COC(=O)c1cnc(Nc2ccn(C)n2)s1. The zero-order valence-corrected chi connectivity index (χ0v) is 9.61. The molecule has 2 heterocycles. The van der Waals surface area contributed by atoms with Crippen molar-refractivity contribution in [2.45, 2.75) is 0 Å². The van der Waals surface area contributed by atoms with Crippen molar-refractivity contribution < 1.29 is 9.53 Å². The number of ether oxygens (including phenoxy) is 1. The van der Waals surface area contributed by atoms with Crippen LogP contribution in [0.5, 0.6) is 0 Å². The minimum absolute atomic E-state index is 0.383. The number of thiazole rings is 1. The Morgan fingerprint density at radius 3 is 3.06 bits per heavy atom. The molecule has 0 aliphatic carbocycles. The van der Waals surface area contributed by atoms with Crippen LogP contribution in [0.15, 0.2) is 18.5 Å². The van der Waals surface area contributed by atoms with Gasteiger partial charge in [-0.1, -0.05) is 11.3 Å². The van der Waals surface area contributed by atoms with E-state index in [1.807, 2.05) is 19.3 Å². The van der Waals surface area contributed by atoms with Gasteiger partial charge in [0.25, 0.3) is 0 Å². The van der Waals surface area contributed by atoms with Crippen LogP contribution in [0.1, 0.15) is 9.67 Å². The molecule has 0 saturated carbocycles. The summed E-state index contributed by atoms with van der Waals surface area (Å²) in [4.78, 5) is 15.7. The van der Waals surface area contributed by atoms with E-state index in [4.69, 9.17) is 0 Å². The second-order valence-electron chi connectivity index (χ2n) is 3.02. The minimum atomic E-state index is -0.383. The molecule has 84 valence electrons. The average Bonchev–Trinajstić information content (AvgIpc) is 2.87. The highest BCUT2D eigenvalue weighted by Gasteiger charge is 2.10. The smallest absolute Gasteiger partial charge is 0.349 e. The fraction of sp³-hybridized carbons (Fsp3) is 0.222. The molecule has 0 aliphatic heterocycles. The number of nitrogens with zero attached hydrogens (tertiary/aromatic N) is 3. The number of methoxy groups -OCH3 is 1. The van der Waals surface area contributed by atoms with Crippen molar-refractivity contribution in [2.75, 3.05) is 12.4 Å². The minimum Gasteiger partial charge on any atom is -0.465 e. The van der Waals surface area contributed by atoms with E-state index in [1.165, 1.54) is 24.6 Å². The number of anilines is 2. The van der Waals surface area contributed by atoms with Crippen molar-refractivity contribution in [3.63, 3.8) is 0 Å². The Labute approximate surface area is 95.9 Å². The summed E-state index contributed by atoms with van der Waals surface area (Å²) >= 11 is 1.22. The van der Waals surface area contributed by atoms with Crippen molar-refractivity contribution in [1.82, 2.24) is 14.8 Å². The summed E-state index contributed by atoms with van der Waals surface area (Å²) in [6.45, 7) is 0. The van der Waals surface area contributed by atoms with Gasteiger partial charge in [0, 0.05) is 19.3 Å². The van der Waals surface area contributed by atoms with Crippen molar-refractivity contribution in [3.8, 4) is 0 Å². The summed E-state index contributed by atoms with van der Waals surface area (Å²) in [5, 5.41) is 7.74. The van der Waals surface area contributed by atoms with Crippen LogP contribution >= 0.6 is 11.3 Å². The zero-order chi connectivity index (χ0) is 11.5. The number of rotatable bonds is 3. The van der Waals surface area contributed by atoms with E-state index in [9.17, 15) is 4.79 Å². The van der Waals surface area contributed by atoms with E-state index in [-0.39, 0.29) is 5.97 Å². The summed E-state index contributed by atoms with van der Waals surface area (Å²) in [5.41, 5.74) is 0. The Kier molecular flexibility index (Phi) is 2.86. The second-order valence-corrected chi connectivity index (χ2v) is 4.05. The Hall–Kier alpha value is -1.89. The number of nitrogens with one attached hydrogen (secondary N) is 1. The normalized spacial score (nSPS) is 10.1. The molecule has 6 nitrogen and oxygen atoms in total. The monoisotopic (exact) mass is 238 g/mol. The first-order chi connectivity index (χ1) is 7.69. The molecule has 0 amide bonds. The zero-order valence-electron chi connectivity index (χ0n) is 8.80. The molecule has 0 unspecified atom stereocenters. The van der Waals surface area contributed by atoms with Gasteiger partial charge in [-0.2, -0.15) is 5.10 Å². The van der Waals surface area contributed by atoms with Gasteiger partial charge < -0.3 is 10.1 Å². The summed E-state index contributed by atoms with van der Waals surface area (Å²) < 4.78 is 6.27. The molecule has 1 N–H and O–H groups in total. The lowest BCUT2D eigenvalue weighted by molar-refractivity contribution is 0.0606. The molecule has 0 spiro atoms. The highest BCUT2D eigenvalue weighted by molar-refractivity contribution is 7.17. The average molecular weight is 238 g/mol. The summed E-state index contributed by atoms with van der Waals surface area (Å²) in [6.07, 6.45) is 3.29. The molecule has 0 fully saturated rings. The van der Waals surface area contributed by atoms with E-state index in [2.05, 4.69) is 20.1 Å². The Morgan fingerprint density at radius 2 is 2.44 bits per heavy atom. The molecule has 2 rings (SSSR count). The molecule has 0 radical (unpaired) electrons. The molecule has 0 aliphatic rings. The molecule has 0 aromatic carbocycles. The van der Waals surface area contributed by atoms with E-state index in [0.29, 0.717) is 15.8 Å². The maximum atomic E-state index is 11.2. The van der Waals surface area contributed by atoms with Gasteiger partial charge in [-0.3, -0.25) is 4.68 Å². The molecule has 16 heavy (non-hydrogen) atoms. The second kappa shape index (κ2) is 4.31. The molecule has 0 saturated heterocycles. The number of carbonyl (C=O) groups is 1. The van der Waals surface area contributed by atoms with E-state index in [0.717, 1.165) is 0 Å². The Balaban J connectivity index is 2.11. The number of hydrogen-bond donors (Lipinski definition) is 1. The number of aryl methyl sites for hydroxylation is 1. The number of esters is 1. The summed E-state index contributed by atoms with van der Waals surface area (Å²) in [7, 11) is 3.17. The highest BCUT2D eigenvalue weighted by Crippen LogP contribution is 2.21.